The molecule has 0 aliphatic rings. The summed E-state index contributed by atoms with van der Waals surface area (Å²) in [7, 11) is -4.09. The monoisotopic (exact) mass is 563 g/mol. The van der Waals surface area contributed by atoms with E-state index in [2.05, 4.69) is 5.32 Å². The number of sulfonamides is 1. The van der Waals surface area contributed by atoms with Gasteiger partial charge in [-0.05, 0) is 57.0 Å². The van der Waals surface area contributed by atoms with Crippen molar-refractivity contribution in [1.82, 2.24) is 10.2 Å². The maximum Gasteiger partial charge on any atom is 0.244 e. The third-order valence-electron chi connectivity index (χ3n) is 5.11. The predicted molar refractivity (Wildman–Crippen MR) is 138 cm³/mol. The fraction of sp³-hybridized carbons (Fsp3) is 0.417. The van der Waals surface area contributed by atoms with Crippen LogP contribution in [0, 0.1) is 11.6 Å². The highest BCUT2D eigenvalue weighted by molar-refractivity contribution is 7.92. The van der Waals surface area contributed by atoms with Crippen molar-refractivity contribution in [3.63, 3.8) is 0 Å². The Morgan fingerprint density at radius 1 is 1.06 bits per heavy atom. The molecule has 0 fully saturated rings. The van der Waals surface area contributed by atoms with Gasteiger partial charge in [0.15, 0.2) is 11.6 Å². The molecule has 0 saturated carbocycles. The van der Waals surface area contributed by atoms with Crippen LogP contribution in [0.3, 0.4) is 0 Å². The molecule has 0 saturated heterocycles. The zero-order valence-electron chi connectivity index (χ0n) is 20.6. The van der Waals surface area contributed by atoms with Gasteiger partial charge in [0.25, 0.3) is 0 Å². The highest BCUT2D eigenvalue weighted by atomic mass is 35.5. The molecule has 2 amide bonds. The van der Waals surface area contributed by atoms with Gasteiger partial charge in [-0.2, -0.15) is 0 Å². The summed E-state index contributed by atoms with van der Waals surface area (Å²) in [4.78, 5) is 27.9. The lowest BCUT2D eigenvalue weighted by Crippen LogP contribution is -2.55. The zero-order valence-corrected chi connectivity index (χ0v) is 22.9. The van der Waals surface area contributed by atoms with E-state index in [-0.39, 0.29) is 23.7 Å². The number of benzene rings is 2. The summed E-state index contributed by atoms with van der Waals surface area (Å²) in [5, 5.41) is 3.47. The molecule has 0 aliphatic carbocycles. The second-order valence-electron chi connectivity index (χ2n) is 9.29. The Kier molecular flexibility index (Phi) is 9.72. The minimum Gasteiger partial charge on any atom is -0.350 e. The molecule has 198 valence electrons. The second-order valence-corrected chi connectivity index (χ2v) is 12.0. The Balaban J connectivity index is 2.52. The molecule has 36 heavy (non-hydrogen) atoms. The van der Waals surface area contributed by atoms with E-state index < -0.39 is 51.6 Å². The van der Waals surface area contributed by atoms with Gasteiger partial charge in [-0.25, -0.2) is 17.2 Å². The third-order valence-corrected chi connectivity index (χ3v) is 6.84. The van der Waals surface area contributed by atoms with E-state index in [1.165, 1.54) is 11.0 Å². The van der Waals surface area contributed by atoms with E-state index in [1.807, 2.05) is 0 Å². The SMILES string of the molecule is CCC(C(=O)NC(C)(C)C)N(Cc1ccc(Cl)cc1Cl)C(=O)CN(c1ccc(F)c(F)c1)S(C)(=O)=O. The molecule has 2 rings (SSSR count). The summed E-state index contributed by atoms with van der Waals surface area (Å²) in [5.74, 6) is -3.62. The van der Waals surface area contributed by atoms with Crippen molar-refractivity contribution < 1.29 is 26.8 Å². The van der Waals surface area contributed by atoms with Crippen molar-refractivity contribution in [2.24, 2.45) is 0 Å². The fourth-order valence-corrected chi connectivity index (χ4v) is 4.77. The van der Waals surface area contributed by atoms with Crippen LogP contribution in [0.15, 0.2) is 36.4 Å². The molecule has 1 N–H and O–H groups in total. The van der Waals surface area contributed by atoms with E-state index >= 15 is 0 Å². The topological polar surface area (TPSA) is 86.8 Å². The maximum absolute atomic E-state index is 13.9. The first-order chi connectivity index (χ1) is 16.5. The van der Waals surface area contributed by atoms with Crippen molar-refractivity contribution in [2.45, 2.75) is 52.2 Å². The lowest BCUT2D eigenvalue weighted by atomic mass is 10.1. The Hall–Kier alpha value is -2.43. The van der Waals surface area contributed by atoms with E-state index in [0.717, 1.165) is 18.4 Å². The van der Waals surface area contributed by atoms with Gasteiger partial charge in [-0.15, -0.1) is 0 Å². The van der Waals surface area contributed by atoms with Crippen LogP contribution in [0.25, 0.3) is 0 Å². The van der Waals surface area contributed by atoms with Gasteiger partial charge in [0, 0.05) is 28.2 Å². The lowest BCUT2D eigenvalue weighted by molar-refractivity contribution is -0.141. The van der Waals surface area contributed by atoms with Gasteiger partial charge in [0.05, 0.1) is 11.9 Å². The summed E-state index contributed by atoms with van der Waals surface area (Å²) in [5.41, 5.74) is -0.349. The molecule has 2 aromatic carbocycles. The van der Waals surface area contributed by atoms with Gasteiger partial charge in [0.1, 0.15) is 12.6 Å². The summed E-state index contributed by atoms with van der Waals surface area (Å²) in [6, 6.07) is 6.19. The largest absolute Gasteiger partial charge is 0.350 e. The molecule has 2 aromatic rings. The first-order valence-electron chi connectivity index (χ1n) is 11.0. The van der Waals surface area contributed by atoms with Gasteiger partial charge in [-0.3, -0.25) is 13.9 Å². The van der Waals surface area contributed by atoms with Crippen LogP contribution >= 0.6 is 23.2 Å². The van der Waals surface area contributed by atoms with Crippen LogP contribution < -0.4 is 9.62 Å². The minimum absolute atomic E-state index is 0.125. The van der Waals surface area contributed by atoms with Crippen molar-refractivity contribution >= 4 is 50.7 Å². The first kappa shape index (κ1) is 29.8. The normalized spacial score (nSPS) is 12.7. The number of carbonyl (C=O) groups excluding carboxylic acids is 2. The van der Waals surface area contributed by atoms with E-state index in [0.29, 0.717) is 21.0 Å². The van der Waals surface area contributed by atoms with Crippen molar-refractivity contribution in [3.05, 3.63) is 63.6 Å². The Bertz CT molecular complexity index is 1240. The molecule has 7 nitrogen and oxygen atoms in total. The number of halogens is 4. The van der Waals surface area contributed by atoms with Gasteiger partial charge in [-0.1, -0.05) is 36.2 Å². The third kappa shape index (κ3) is 8.04. The number of hydrogen-bond acceptors (Lipinski definition) is 4. The Morgan fingerprint density at radius 3 is 2.19 bits per heavy atom. The molecule has 12 heteroatoms. The Labute approximate surface area is 220 Å². The highest BCUT2D eigenvalue weighted by Gasteiger charge is 2.33. The van der Waals surface area contributed by atoms with E-state index in [9.17, 15) is 26.8 Å². The van der Waals surface area contributed by atoms with Gasteiger partial charge >= 0.3 is 0 Å². The van der Waals surface area contributed by atoms with Gasteiger partial charge < -0.3 is 10.2 Å². The number of nitrogens with zero attached hydrogens (tertiary/aromatic N) is 2. The number of carbonyl (C=O) groups is 2. The molecule has 1 unspecified atom stereocenters. The second kappa shape index (κ2) is 11.7. The molecule has 1 atom stereocenters. The van der Waals surface area contributed by atoms with Crippen LogP contribution in [0.1, 0.15) is 39.7 Å². The van der Waals surface area contributed by atoms with E-state index in [4.69, 9.17) is 23.2 Å². The van der Waals surface area contributed by atoms with Crippen LogP contribution in [-0.4, -0.2) is 49.5 Å². The van der Waals surface area contributed by atoms with Crippen LogP contribution in [0.4, 0.5) is 14.5 Å². The van der Waals surface area contributed by atoms with Crippen LogP contribution in [0.5, 0.6) is 0 Å². The predicted octanol–water partition coefficient (Wildman–Crippen LogP) is 4.76. The smallest absolute Gasteiger partial charge is 0.244 e. The number of rotatable bonds is 9. The van der Waals surface area contributed by atoms with Crippen molar-refractivity contribution in [3.8, 4) is 0 Å². The number of amides is 2. The highest BCUT2D eigenvalue weighted by Crippen LogP contribution is 2.25. The molecular weight excluding hydrogens is 535 g/mol. The van der Waals surface area contributed by atoms with Crippen molar-refractivity contribution in [2.75, 3.05) is 17.1 Å². The van der Waals surface area contributed by atoms with Crippen LogP contribution in [-0.2, 0) is 26.2 Å². The van der Waals surface area contributed by atoms with E-state index in [1.54, 1.807) is 39.8 Å². The van der Waals surface area contributed by atoms with Crippen LogP contribution in [0.2, 0.25) is 10.0 Å². The first-order valence-corrected chi connectivity index (χ1v) is 13.6. The Morgan fingerprint density at radius 2 is 1.69 bits per heavy atom. The molecule has 0 radical (unpaired) electrons. The number of hydrogen-bond donors (Lipinski definition) is 1. The summed E-state index contributed by atoms with van der Waals surface area (Å²) >= 11 is 12.3. The maximum atomic E-state index is 13.9. The molecule has 0 aromatic heterocycles. The quantitative estimate of drug-likeness (QED) is 0.476. The average Bonchev–Trinajstić information content (AvgIpc) is 2.73. The molecule has 0 bridgehead atoms. The summed E-state index contributed by atoms with van der Waals surface area (Å²) in [6.07, 6.45) is 1.05. The van der Waals surface area contributed by atoms with Gasteiger partial charge in [0.2, 0.25) is 21.8 Å². The average molecular weight is 564 g/mol. The minimum atomic E-state index is -4.09. The molecule has 0 aliphatic heterocycles. The number of nitrogens with one attached hydrogen (secondary N) is 1. The number of anilines is 1. The van der Waals surface area contributed by atoms with Crippen molar-refractivity contribution in [1.29, 1.82) is 0 Å². The summed E-state index contributed by atoms with van der Waals surface area (Å²) in [6.45, 7) is 6.19. The molecule has 0 spiro atoms. The fourth-order valence-electron chi connectivity index (χ4n) is 3.46. The zero-order chi connectivity index (χ0) is 27.4. The molecule has 0 heterocycles. The summed E-state index contributed by atoms with van der Waals surface area (Å²) < 4.78 is 53.0. The lowest BCUT2D eigenvalue weighted by Gasteiger charge is -2.34. The molecular formula is C24H29Cl2F2N3O4S. The standard InChI is InChI=1S/C24H29Cl2F2N3O4S/c1-6-21(23(33)29-24(2,3)4)30(13-15-7-8-16(25)11-18(15)26)22(32)14-31(36(5,34)35)17-9-10-19(27)20(28)12-17/h7-12,21H,6,13-14H2,1-5H3,(H,29,33).